The largest absolute Gasteiger partial charge is 0.462 e. The second-order valence-electron chi connectivity index (χ2n) is 19.5. The maximum atomic E-state index is 12.9. The minimum Gasteiger partial charge on any atom is -0.462 e. The van der Waals surface area contributed by atoms with Crippen LogP contribution in [0.3, 0.4) is 0 Å². The lowest BCUT2D eigenvalue weighted by Gasteiger charge is -2.18. The van der Waals surface area contributed by atoms with Crippen LogP contribution in [0, 0.1) is 0 Å². The van der Waals surface area contributed by atoms with E-state index in [1.807, 2.05) is 6.08 Å². The summed E-state index contributed by atoms with van der Waals surface area (Å²) in [6.45, 7) is 6.31. The molecular formula is C69H110O6. The maximum Gasteiger partial charge on any atom is 0.306 e. The fraction of sp³-hybridized carbons (Fsp3) is 0.609. The molecule has 0 aliphatic rings. The number of allylic oxidation sites excluding steroid dienone is 24. The van der Waals surface area contributed by atoms with Gasteiger partial charge < -0.3 is 14.2 Å². The van der Waals surface area contributed by atoms with Gasteiger partial charge in [-0.05, 0) is 128 Å². The van der Waals surface area contributed by atoms with Crippen LogP contribution >= 0.6 is 0 Å². The third-order valence-corrected chi connectivity index (χ3v) is 12.3. The summed E-state index contributed by atoms with van der Waals surface area (Å²) in [5, 5.41) is 0. The third-order valence-electron chi connectivity index (χ3n) is 12.3. The van der Waals surface area contributed by atoms with Crippen LogP contribution in [-0.2, 0) is 28.6 Å². The average Bonchev–Trinajstić information content (AvgIpc) is 3.41. The molecule has 422 valence electrons. The Morgan fingerprint density at radius 1 is 0.280 bits per heavy atom. The van der Waals surface area contributed by atoms with Crippen molar-refractivity contribution in [3.8, 4) is 0 Å². The van der Waals surface area contributed by atoms with Crippen molar-refractivity contribution in [3.63, 3.8) is 0 Å². The van der Waals surface area contributed by atoms with Crippen LogP contribution in [0.15, 0.2) is 146 Å². The molecule has 0 aliphatic carbocycles. The summed E-state index contributed by atoms with van der Waals surface area (Å²) in [5.41, 5.74) is 0. The van der Waals surface area contributed by atoms with Crippen molar-refractivity contribution in [1.82, 2.24) is 0 Å². The van der Waals surface area contributed by atoms with E-state index >= 15 is 0 Å². The summed E-state index contributed by atoms with van der Waals surface area (Å²) in [6, 6.07) is 0. The zero-order chi connectivity index (χ0) is 54.3. The smallest absolute Gasteiger partial charge is 0.306 e. The first-order valence-electron chi connectivity index (χ1n) is 30.3. The average molecular weight is 1040 g/mol. The first-order valence-corrected chi connectivity index (χ1v) is 30.3. The van der Waals surface area contributed by atoms with Gasteiger partial charge in [0.05, 0.1) is 0 Å². The quantitative estimate of drug-likeness (QED) is 0.0261. The van der Waals surface area contributed by atoms with Gasteiger partial charge in [0, 0.05) is 19.3 Å². The number of hydrogen-bond acceptors (Lipinski definition) is 6. The molecule has 0 aromatic heterocycles. The van der Waals surface area contributed by atoms with Crippen molar-refractivity contribution in [2.75, 3.05) is 13.2 Å². The Balaban J connectivity index is 4.58. The van der Waals surface area contributed by atoms with Crippen LogP contribution in [0.25, 0.3) is 0 Å². The van der Waals surface area contributed by atoms with Crippen LogP contribution < -0.4 is 0 Å². The van der Waals surface area contributed by atoms with Crippen LogP contribution in [0.4, 0.5) is 0 Å². The van der Waals surface area contributed by atoms with Gasteiger partial charge in [0.25, 0.3) is 0 Å². The number of carbonyl (C=O) groups is 3. The second-order valence-corrected chi connectivity index (χ2v) is 19.5. The fourth-order valence-corrected chi connectivity index (χ4v) is 7.84. The van der Waals surface area contributed by atoms with Gasteiger partial charge in [0.15, 0.2) is 6.10 Å². The summed E-state index contributed by atoms with van der Waals surface area (Å²) in [4.78, 5) is 38.2. The maximum absolute atomic E-state index is 12.9. The molecule has 75 heavy (non-hydrogen) atoms. The molecule has 0 amide bonds. The van der Waals surface area contributed by atoms with Gasteiger partial charge in [-0.25, -0.2) is 0 Å². The molecule has 0 unspecified atom stereocenters. The molecule has 0 radical (unpaired) electrons. The van der Waals surface area contributed by atoms with Gasteiger partial charge in [-0.3, -0.25) is 14.4 Å². The van der Waals surface area contributed by atoms with E-state index < -0.39 is 6.10 Å². The molecule has 0 N–H and O–H groups in total. The third kappa shape index (κ3) is 60.0. The summed E-state index contributed by atoms with van der Waals surface area (Å²) >= 11 is 0. The molecule has 0 spiro atoms. The molecule has 0 aromatic carbocycles. The lowest BCUT2D eigenvalue weighted by atomic mass is 10.1. The van der Waals surface area contributed by atoms with Gasteiger partial charge >= 0.3 is 17.9 Å². The van der Waals surface area contributed by atoms with E-state index in [0.717, 1.165) is 116 Å². The lowest BCUT2D eigenvalue weighted by molar-refractivity contribution is -0.166. The van der Waals surface area contributed by atoms with Gasteiger partial charge in [-0.1, -0.05) is 250 Å². The van der Waals surface area contributed by atoms with E-state index in [1.54, 1.807) is 0 Å². The number of esters is 3. The molecule has 0 bridgehead atoms. The Kier molecular flexibility index (Phi) is 58.0. The SMILES string of the molecule is CC/C=C\C/C=C\C/C=C\C/C=C\C/C=C\C/C=C\CCC(=O)OC[C@H](COC(=O)CCCCC/C=C\C/C=C\C/C=C\C/C=C\C/C=C\CC)OC(=O)CCCCCCCCCCC/C=C\CCCCCCCC. The van der Waals surface area contributed by atoms with E-state index in [1.165, 1.54) is 89.9 Å². The molecule has 0 fully saturated rings. The molecular weight excluding hydrogens is 925 g/mol. The van der Waals surface area contributed by atoms with Crippen molar-refractivity contribution in [1.29, 1.82) is 0 Å². The van der Waals surface area contributed by atoms with E-state index in [4.69, 9.17) is 14.2 Å². The molecule has 0 heterocycles. The Labute approximate surface area is 461 Å². The molecule has 1 atom stereocenters. The van der Waals surface area contributed by atoms with Gasteiger partial charge in [0.1, 0.15) is 13.2 Å². The van der Waals surface area contributed by atoms with Crippen molar-refractivity contribution in [3.05, 3.63) is 146 Å². The second kappa shape index (κ2) is 61.8. The highest BCUT2D eigenvalue weighted by Gasteiger charge is 2.19. The normalized spacial score (nSPS) is 13.2. The Morgan fingerprint density at radius 3 is 0.920 bits per heavy atom. The molecule has 6 nitrogen and oxygen atoms in total. The number of ether oxygens (including phenoxy) is 3. The van der Waals surface area contributed by atoms with Crippen molar-refractivity contribution < 1.29 is 28.6 Å². The first kappa shape index (κ1) is 70.3. The predicted molar refractivity (Wildman–Crippen MR) is 325 cm³/mol. The van der Waals surface area contributed by atoms with Gasteiger partial charge in [-0.15, -0.1) is 0 Å². The van der Waals surface area contributed by atoms with E-state index in [0.29, 0.717) is 19.3 Å². The molecule has 0 saturated heterocycles. The minimum absolute atomic E-state index is 0.124. The van der Waals surface area contributed by atoms with Crippen LogP contribution in [-0.4, -0.2) is 37.2 Å². The highest BCUT2D eigenvalue weighted by atomic mass is 16.6. The Bertz CT molecular complexity index is 1660. The fourth-order valence-electron chi connectivity index (χ4n) is 7.84. The van der Waals surface area contributed by atoms with E-state index in [-0.39, 0.29) is 37.5 Å². The lowest BCUT2D eigenvalue weighted by Crippen LogP contribution is -2.30. The number of hydrogen-bond donors (Lipinski definition) is 0. The molecule has 0 aromatic rings. The molecule has 0 saturated carbocycles. The summed E-state index contributed by atoms with van der Waals surface area (Å²) in [7, 11) is 0. The molecule has 0 rings (SSSR count). The van der Waals surface area contributed by atoms with Crippen LogP contribution in [0.1, 0.15) is 252 Å². The zero-order valence-electron chi connectivity index (χ0n) is 48.3. The zero-order valence-corrected chi connectivity index (χ0v) is 48.3. The first-order chi connectivity index (χ1) is 37.0. The van der Waals surface area contributed by atoms with Crippen LogP contribution in [0.5, 0.6) is 0 Å². The summed E-state index contributed by atoms with van der Waals surface area (Å²) < 4.78 is 16.8. The highest BCUT2D eigenvalue weighted by molar-refractivity contribution is 5.71. The Morgan fingerprint density at radius 2 is 0.547 bits per heavy atom. The topological polar surface area (TPSA) is 78.9 Å². The number of carbonyl (C=O) groups excluding carboxylic acids is 3. The standard InChI is InChI=1S/C69H110O6/c1-4-7-10-13-16-19-22-25-28-31-34-37-40-43-46-49-52-55-58-61-67(70)73-64-66(75-69(72)63-60-57-54-51-48-45-42-39-36-33-30-27-24-21-18-15-12-9-6-3)65-74-68(71)62-59-56-53-50-47-44-41-38-35-32-29-26-23-20-17-14-11-8-5-2/h7-8,10-11,16-17,19-20,25-30,34-35,37-38,43-44,46-47,52,55,66H,4-6,9,12-15,18,21-24,31-33,36,39-42,45,48-51,53-54,56-65H2,1-3H3/b10-7-,11-8-,19-16-,20-17-,28-25-,29-26-,30-27-,37-34-,38-35-,46-43-,47-44-,55-52-/t66-/m1/s1. The van der Waals surface area contributed by atoms with Crippen molar-refractivity contribution >= 4 is 17.9 Å². The van der Waals surface area contributed by atoms with Crippen LogP contribution in [0.2, 0.25) is 0 Å². The highest BCUT2D eigenvalue weighted by Crippen LogP contribution is 2.14. The van der Waals surface area contributed by atoms with E-state index in [2.05, 4.69) is 161 Å². The van der Waals surface area contributed by atoms with Gasteiger partial charge in [0.2, 0.25) is 0 Å². The Hall–Kier alpha value is -4.71. The van der Waals surface area contributed by atoms with Crippen molar-refractivity contribution in [2.24, 2.45) is 0 Å². The molecule has 6 heteroatoms. The predicted octanol–water partition coefficient (Wildman–Crippen LogP) is 20.8. The minimum atomic E-state index is -0.831. The monoisotopic (exact) mass is 1030 g/mol. The van der Waals surface area contributed by atoms with Crippen molar-refractivity contribution in [2.45, 2.75) is 258 Å². The van der Waals surface area contributed by atoms with E-state index in [9.17, 15) is 14.4 Å². The summed E-state index contributed by atoms with van der Waals surface area (Å²) in [5.74, 6) is -1.04. The number of unbranched alkanes of at least 4 members (excludes halogenated alkanes) is 18. The number of rotatable bonds is 53. The molecule has 0 aliphatic heterocycles. The summed E-state index contributed by atoms with van der Waals surface area (Å²) in [6.07, 6.45) is 88.5. The van der Waals surface area contributed by atoms with Gasteiger partial charge in [-0.2, -0.15) is 0 Å².